The average Bonchev–Trinajstić information content (AvgIpc) is 2.99. The van der Waals surface area contributed by atoms with E-state index in [1.54, 1.807) is 7.11 Å². The van der Waals surface area contributed by atoms with Gasteiger partial charge in [-0.3, -0.25) is 14.7 Å². The van der Waals surface area contributed by atoms with Crippen molar-refractivity contribution in [3.63, 3.8) is 0 Å². The van der Waals surface area contributed by atoms with Gasteiger partial charge in [0.2, 0.25) is 5.91 Å². The summed E-state index contributed by atoms with van der Waals surface area (Å²) in [7, 11) is 1.68. The second kappa shape index (κ2) is 10.4. The lowest BCUT2D eigenvalue weighted by atomic mass is 9.91. The molecule has 1 atom stereocenters. The Hall–Kier alpha value is -3.18. The SMILES string of the molecule is CCN1CCN(Cc2ccc(OC)cc2)C[C@H](Cc2ccccc2-c2ccncc2)C1=O. The molecule has 1 fully saturated rings. The van der Waals surface area contributed by atoms with Gasteiger partial charge in [-0.2, -0.15) is 0 Å². The third-order valence-corrected chi connectivity index (χ3v) is 6.25. The minimum atomic E-state index is -0.0707. The summed E-state index contributed by atoms with van der Waals surface area (Å²) in [5.74, 6) is 1.05. The largest absolute Gasteiger partial charge is 0.497 e. The molecule has 0 bridgehead atoms. The summed E-state index contributed by atoms with van der Waals surface area (Å²) < 4.78 is 5.28. The van der Waals surface area contributed by atoms with Crippen molar-refractivity contribution >= 4 is 5.91 Å². The molecule has 166 valence electrons. The predicted octanol–water partition coefficient (Wildman–Crippen LogP) is 4.28. The second-order valence-corrected chi connectivity index (χ2v) is 8.30. The highest BCUT2D eigenvalue weighted by molar-refractivity contribution is 5.80. The van der Waals surface area contributed by atoms with Crippen LogP contribution < -0.4 is 4.74 Å². The fraction of sp³-hybridized carbons (Fsp3) is 0.333. The zero-order chi connectivity index (χ0) is 22.3. The third kappa shape index (κ3) is 5.17. The minimum absolute atomic E-state index is 0.0707. The molecule has 1 amide bonds. The van der Waals surface area contributed by atoms with Crippen molar-refractivity contribution in [1.29, 1.82) is 0 Å². The second-order valence-electron chi connectivity index (χ2n) is 8.30. The molecule has 2 heterocycles. The van der Waals surface area contributed by atoms with Crippen LogP contribution in [0.1, 0.15) is 18.1 Å². The molecular weight excluding hydrogens is 398 g/mol. The van der Waals surface area contributed by atoms with E-state index in [-0.39, 0.29) is 11.8 Å². The zero-order valence-electron chi connectivity index (χ0n) is 18.9. The lowest BCUT2D eigenvalue weighted by molar-refractivity contribution is -0.134. The third-order valence-electron chi connectivity index (χ3n) is 6.25. The Morgan fingerprint density at radius 1 is 1.00 bits per heavy atom. The zero-order valence-corrected chi connectivity index (χ0v) is 18.9. The molecule has 32 heavy (non-hydrogen) atoms. The van der Waals surface area contributed by atoms with Crippen molar-refractivity contribution in [3.8, 4) is 16.9 Å². The van der Waals surface area contributed by atoms with Crippen LogP contribution in [0.25, 0.3) is 11.1 Å². The highest BCUT2D eigenvalue weighted by Crippen LogP contribution is 2.27. The molecule has 0 unspecified atom stereocenters. The number of ether oxygens (including phenoxy) is 1. The van der Waals surface area contributed by atoms with Gasteiger partial charge in [0.1, 0.15) is 5.75 Å². The Labute approximate surface area is 190 Å². The van der Waals surface area contributed by atoms with E-state index >= 15 is 0 Å². The fourth-order valence-electron chi connectivity index (χ4n) is 4.49. The molecule has 5 nitrogen and oxygen atoms in total. The lowest BCUT2D eigenvalue weighted by Crippen LogP contribution is -2.37. The Balaban J connectivity index is 1.56. The molecule has 0 N–H and O–H groups in total. The van der Waals surface area contributed by atoms with E-state index in [1.165, 1.54) is 16.7 Å². The average molecular weight is 430 g/mol. The van der Waals surface area contributed by atoms with E-state index in [9.17, 15) is 4.79 Å². The monoisotopic (exact) mass is 429 g/mol. The molecule has 0 saturated carbocycles. The first-order valence-corrected chi connectivity index (χ1v) is 11.3. The summed E-state index contributed by atoms with van der Waals surface area (Å²) in [4.78, 5) is 21.9. The highest BCUT2D eigenvalue weighted by Gasteiger charge is 2.30. The van der Waals surface area contributed by atoms with E-state index in [1.807, 2.05) is 41.6 Å². The topological polar surface area (TPSA) is 45.7 Å². The number of amides is 1. The normalized spacial score (nSPS) is 17.2. The van der Waals surface area contributed by atoms with Gasteiger partial charge in [0, 0.05) is 45.1 Å². The number of carbonyl (C=O) groups is 1. The van der Waals surface area contributed by atoms with Crippen LogP contribution in [-0.2, 0) is 17.8 Å². The van der Waals surface area contributed by atoms with Crippen molar-refractivity contribution in [2.45, 2.75) is 19.9 Å². The number of benzene rings is 2. The van der Waals surface area contributed by atoms with Gasteiger partial charge in [0.05, 0.1) is 13.0 Å². The van der Waals surface area contributed by atoms with Crippen LogP contribution in [-0.4, -0.2) is 54.0 Å². The molecule has 1 saturated heterocycles. The Kier molecular flexibility index (Phi) is 7.17. The molecule has 4 rings (SSSR count). The van der Waals surface area contributed by atoms with Crippen LogP contribution in [0, 0.1) is 5.92 Å². The first-order chi connectivity index (χ1) is 15.7. The molecule has 1 aliphatic rings. The van der Waals surface area contributed by atoms with Gasteiger partial charge in [0.15, 0.2) is 0 Å². The molecule has 3 aromatic rings. The van der Waals surface area contributed by atoms with Gasteiger partial charge in [-0.1, -0.05) is 36.4 Å². The van der Waals surface area contributed by atoms with Crippen molar-refractivity contribution in [1.82, 2.24) is 14.8 Å². The summed E-state index contributed by atoms with van der Waals surface area (Å²) >= 11 is 0. The van der Waals surface area contributed by atoms with Crippen LogP contribution in [0.3, 0.4) is 0 Å². The first-order valence-electron chi connectivity index (χ1n) is 11.3. The molecular formula is C27H31N3O2. The molecule has 1 aliphatic heterocycles. The molecule has 1 aromatic heterocycles. The van der Waals surface area contributed by atoms with E-state index in [4.69, 9.17) is 4.74 Å². The van der Waals surface area contributed by atoms with Gasteiger partial charge in [0.25, 0.3) is 0 Å². The summed E-state index contributed by atoms with van der Waals surface area (Å²) in [5, 5.41) is 0. The molecule has 0 spiro atoms. The van der Waals surface area contributed by atoms with Gasteiger partial charge in [-0.25, -0.2) is 0 Å². The van der Waals surface area contributed by atoms with Crippen LogP contribution in [0.5, 0.6) is 5.75 Å². The number of hydrogen-bond acceptors (Lipinski definition) is 4. The van der Waals surface area contributed by atoms with Crippen LogP contribution >= 0.6 is 0 Å². The molecule has 5 heteroatoms. The van der Waals surface area contributed by atoms with Gasteiger partial charge < -0.3 is 9.64 Å². The minimum Gasteiger partial charge on any atom is -0.497 e. The standard InChI is InChI=1S/C27H31N3O2/c1-3-30-17-16-29(19-21-8-10-25(32-2)11-9-21)20-24(27(30)31)18-23-6-4-5-7-26(23)22-12-14-28-15-13-22/h4-15,24H,3,16-20H2,1-2H3/t24-/m0/s1. The van der Waals surface area contributed by atoms with E-state index in [2.05, 4.69) is 53.2 Å². The summed E-state index contributed by atoms with van der Waals surface area (Å²) in [5.41, 5.74) is 4.76. The maximum atomic E-state index is 13.4. The quantitative estimate of drug-likeness (QED) is 0.562. The number of pyridine rings is 1. The lowest BCUT2D eigenvalue weighted by Gasteiger charge is -2.24. The van der Waals surface area contributed by atoms with Crippen LogP contribution in [0.4, 0.5) is 0 Å². The Morgan fingerprint density at radius 2 is 1.75 bits per heavy atom. The van der Waals surface area contributed by atoms with E-state index in [0.29, 0.717) is 0 Å². The summed E-state index contributed by atoms with van der Waals surface area (Å²) in [6.45, 7) is 6.06. The van der Waals surface area contributed by atoms with Crippen LogP contribution in [0.15, 0.2) is 73.1 Å². The summed E-state index contributed by atoms with van der Waals surface area (Å²) in [6, 6.07) is 20.7. The van der Waals surface area contributed by atoms with Gasteiger partial charge >= 0.3 is 0 Å². The number of methoxy groups -OCH3 is 1. The van der Waals surface area contributed by atoms with E-state index < -0.39 is 0 Å². The predicted molar refractivity (Wildman–Crippen MR) is 127 cm³/mol. The number of aromatic nitrogens is 1. The van der Waals surface area contributed by atoms with Crippen molar-refractivity contribution in [2.75, 3.05) is 33.3 Å². The Morgan fingerprint density at radius 3 is 2.47 bits per heavy atom. The van der Waals surface area contributed by atoms with Crippen molar-refractivity contribution in [3.05, 3.63) is 84.2 Å². The smallest absolute Gasteiger partial charge is 0.227 e. The maximum absolute atomic E-state index is 13.4. The molecule has 0 aliphatic carbocycles. The number of nitrogens with zero attached hydrogens (tertiary/aromatic N) is 3. The van der Waals surface area contributed by atoms with Gasteiger partial charge in [-0.05, 0) is 59.9 Å². The van der Waals surface area contributed by atoms with Crippen LogP contribution in [0.2, 0.25) is 0 Å². The van der Waals surface area contributed by atoms with Crippen molar-refractivity contribution < 1.29 is 9.53 Å². The number of carbonyl (C=O) groups excluding carboxylic acids is 1. The summed E-state index contributed by atoms with van der Waals surface area (Å²) in [6.07, 6.45) is 4.36. The highest BCUT2D eigenvalue weighted by atomic mass is 16.5. The van der Waals surface area contributed by atoms with Crippen molar-refractivity contribution in [2.24, 2.45) is 5.92 Å². The number of hydrogen-bond donors (Lipinski definition) is 0. The van der Waals surface area contributed by atoms with Gasteiger partial charge in [-0.15, -0.1) is 0 Å². The van der Waals surface area contributed by atoms with E-state index in [0.717, 1.165) is 50.5 Å². The number of likely N-dealkylation sites (N-methyl/N-ethyl adjacent to an activating group) is 1. The first kappa shape index (κ1) is 22.0. The number of rotatable bonds is 7. The molecule has 2 aromatic carbocycles. The fourth-order valence-corrected chi connectivity index (χ4v) is 4.49. The maximum Gasteiger partial charge on any atom is 0.227 e. The molecule has 0 radical (unpaired) electrons. The Bertz CT molecular complexity index is 1020.